The Morgan fingerprint density at radius 3 is 2.81 bits per heavy atom. The SMILES string of the molecule is CCCn1c(-c2cccc(F)c2)nc2cc(C#N)ccc21. The first-order valence-electron chi connectivity index (χ1n) is 6.89. The summed E-state index contributed by atoms with van der Waals surface area (Å²) in [6.45, 7) is 2.89. The molecule has 0 radical (unpaired) electrons. The van der Waals surface area contributed by atoms with Crippen molar-refractivity contribution in [1.29, 1.82) is 5.26 Å². The summed E-state index contributed by atoms with van der Waals surface area (Å²) in [6.07, 6.45) is 0.952. The Hall–Kier alpha value is -2.67. The van der Waals surface area contributed by atoms with Crippen molar-refractivity contribution in [1.82, 2.24) is 9.55 Å². The molecular formula is C17H14FN3. The minimum absolute atomic E-state index is 0.277. The highest BCUT2D eigenvalue weighted by atomic mass is 19.1. The largest absolute Gasteiger partial charge is 0.324 e. The van der Waals surface area contributed by atoms with Crippen LogP contribution in [-0.4, -0.2) is 9.55 Å². The van der Waals surface area contributed by atoms with Crippen molar-refractivity contribution in [3.05, 3.63) is 53.8 Å². The first-order chi connectivity index (χ1) is 10.2. The van der Waals surface area contributed by atoms with Gasteiger partial charge in [0, 0.05) is 12.1 Å². The standard InChI is InChI=1S/C17H14FN3/c1-2-8-21-16-7-6-12(11-19)9-15(16)20-17(21)13-4-3-5-14(18)10-13/h3-7,9-10H,2,8H2,1H3. The van der Waals surface area contributed by atoms with Crippen LogP contribution in [0.1, 0.15) is 18.9 Å². The minimum Gasteiger partial charge on any atom is -0.324 e. The molecule has 4 heteroatoms. The maximum Gasteiger partial charge on any atom is 0.141 e. The van der Waals surface area contributed by atoms with Crippen LogP contribution in [-0.2, 0) is 6.54 Å². The topological polar surface area (TPSA) is 41.6 Å². The van der Waals surface area contributed by atoms with Crippen LogP contribution < -0.4 is 0 Å². The average molecular weight is 279 g/mol. The first kappa shape index (κ1) is 13.3. The molecule has 104 valence electrons. The molecule has 0 spiro atoms. The molecule has 3 nitrogen and oxygen atoms in total. The fraction of sp³-hybridized carbons (Fsp3) is 0.176. The summed E-state index contributed by atoms with van der Waals surface area (Å²) in [4.78, 5) is 4.60. The van der Waals surface area contributed by atoms with Gasteiger partial charge in [0.2, 0.25) is 0 Å². The van der Waals surface area contributed by atoms with Gasteiger partial charge in [-0.15, -0.1) is 0 Å². The van der Waals surface area contributed by atoms with E-state index in [1.54, 1.807) is 18.2 Å². The molecule has 3 rings (SSSR count). The van der Waals surface area contributed by atoms with E-state index in [9.17, 15) is 4.39 Å². The molecule has 0 aliphatic carbocycles. The lowest BCUT2D eigenvalue weighted by Gasteiger charge is -2.07. The zero-order valence-corrected chi connectivity index (χ0v) is 11.7. The van der Waals surface area contributed by atoms with E-state index in [2.05, 4.69) is 22.5 Å². The third-order valence-corrected chi connectivity index (χ3v) is 3.41. The number of aromatic nitrogens is 2. The zero-order valence-electron chi connectivity index (χ0n) is 11.7. The van der Waals surface area contributed by atoms with Gasteiger partial charge in [0.15, 0.2) is 0 Å². The molecule has 1 aromatic heterocycles. The lowest BCUT2D eigenvalue weighted by molar-refractivity contribution is 0.627. The highest BCUT2D eigenvalue weighted by Crippen LogP contribution is 2.26. The molecule has 0 bridgehead atoms. The molecule has 21 heavy (non-hydrogen) atoms. The van der Waals surface area contributed by atoms with Gasteiger partial charge < -0.3 is 4.57 Å². The van der Waals surface area contributed by atoms with Crippen molar-refractivity contribution >= 4 is 11.0 Å². The summed E-state index contributed by atoms with van der Waals surface area (Å²) in [5, 5.41) is 9.00. The van der Waals surface area contributed by atoms with Crippen molar-refractivity contribution < 1.29 is 4.39 Å². The van der Waals surface area contributed by atoms with E-state index in [1.165, 1.54) is 12.1 Å². The lowest BCUT2D eigenvalue weighted by atomic mass is 10.2. The second-order valence-corrected chi connectivity index (χ2v) is 4.91. The molecule has 0 saturated carbocycles. The number of nitriles is 1. The number of benzene rings is 2. The Bertz CT molecular complexity index is 843. The smallest absolute Gasteiger partial charge is 0.141 e. The van der Waals surface area contributed by atoms with Crippen LogP contribution in [0.5, 0.6) is 0 Å². The summed E-state index contributed by atoms with van der Waals surface area (Å²) < 4.78 is 15.5. The number of hydrogen-bond donors (Lipinski definition) is 0. The summed E-state index contributed by atoms with van der Waals surface area (Å²) in [6, 6.07) is 14.0. The summed E-state index contributed by atoms with van der Waals surface area (Å²) in [7, 11) is 0. The van der Waals surface area contributed by atoms with Crippen LogP contribution in [0.2, 0.25) is 0 Å². The number of halogens is 1. The van der Waals surface area contributed by atoms with Gasteiger partial charge in [-0.25, -0.2) is 9.37 Å². The quantitative estimate of drug-likeness (QED) is 0.723. The van der Waals surface area contributed by atoms with Gasteiger partial charge in [-0.05, 0) is 36.8 Å². The number of imidazole rings is 1. The summed E-state index contributed by atoms with van der Waals surface area (Å²) in [5.74, 6) is 0.460. The number of rotatable bonds is 3. The maximum absolute atomic E-state index is 13.5. The van der Waals surface area contributed by atoms with Crippen LogP contribution in [0, 0.1) is 17.1 Å². The van der Waals surface area contributed by atoms with Crippen molar-refractivity contribution in [3.8, 4) is 17.5 Å². The van der Waals surface area contributed by atoms with Crippen molar-refractivity contribution in [3.63, 3.8) is 0 Å². The number of aryl methyl sites for hydroxylation is 1. The third kappa shape index (κ3) is 2.38. The summed E-state index contributed by atoms with van der Waals surface area (Å²) in [5.41, 5.74) is 3.06. The normalized spacial score (nSPS) is 10.7. The van der Waals surface area contributed by atoms with E-state index in [0.29, 0.717) is 5.56 Å². The maximum atomic E-state index is 13.5. The first-order valence-corrected chi connectivity index (χ1v) is 6.89. The second-order valence-electron chi connectivity index (χ2n) is 4.91. The molecule has 0 unspecified atom stereocenters. The van der Waals surface area contributed by atoms with Crippen LogP contribution in [0.25, 0.3) is 22.4 Å². The monoisotopic (exact) mass is 279 g/mol. The Morgan fingerprint density at radius 2 is 2.10 bits per heavy atom. The van der Waals surface area contributed by atoms with E-state index in [-0.39, 0.29) is 5.82 Å². The predicted octanol–water partition coefficient (Wildman–Crippen LogP) is 4.12. The van der Waals surface area contributed by atoms with Crippen molar-refractivity contribution in [2.24, 2.45) is 0 Å². The van der Waals surface area contributed by atoms with Crippen LogP contribution >= 0.6 is 0 Å². The van der Waals surface area contributed by atoms with Gasteiger partial charge in [-0.3, -0.25) is 0 Å². The predicted molar refractivity (Wildman–Crippen MR) is 80.1 cm³/mol. The molecule has 0 N–H and O–H groups in total. The fourth-order valence-corrected chi connectivity index (χ4v) is 2.50. The van der Waals surface area contributed by atoms with E-state index < -0.39 is 0 Å². The van der Waals surface area contributed by atoms with Crippen molar-refractivity contribution in [2.45, 2.75) is 19.9 Å². The van der Waals surface area contributed by atoms with Gasteiger partial charge in [0.05, 0.1) is 22.7 Å². The number of hydrogen-bond acceptors (Lipinski definition) is 2. The molecule has 0 aliphatic heterocycles. The average Bonchev–Trinajstić information content (AvgIpc) is 2.85. The highest BCUT2D eigenvalue weighted by molar-refractivity contribution is 5.82. The number of nitrogens with zero attached hydrogens (tertiary/aromatic N) is 3. The molecule has 3 aromatic rings. The lowest BCUT2D eigenvalue weighted by Crippen LogP contribution is -1.99. The molecule has 2 aromatic carbocycles. The molecule has 0 fully saturated rings. The highest BCUT2D eigenvalue weighted by Gasteiger charge is 2.13. The Morgan fingerprint density at radius 1 is 1.24 bits per heavy atom. The second kappa shape index (κ2) is 5.37. The van der Waals surface area contributed by atoms with Crippen molar-refractivity contribution in [2.75, 3.05) is 0 Å². The van der Waals surface area contributed by atoms with Crippen LogP contribution in [0.15, 0.2) is 42.5 Å². The molecule has 1 heterocycles. The minimum atomic E-state index is -0.277. The molecular weight excluding hydrogens is 265 g/mol. The van der Waals surface area contributed by atoms with Crippen LogP contribution in [0.3, 0.4) is 0 Å². The van der Waals surface area contributed by atoms with E-state index >= 15 is 0 Å². The van der Waals surface area contributed by atoms with Gasteiger partial charge in [0.1, 0.15) is 11.6 Å². The summed E-state index contributed by atoms with van der Waals surface area (Å²) >= 11 is 0. The van der Waals surface area contributed by atoms with Crippen LogP contribution in [0.4, 0.5) is 4.39 Å². The van der Waals surface area contributed by atoms with Gasteiger partial charge in [0.25, 0.3) is 0 Å². The van der Waals surface area contributed by atoms with E-state index in [1.807, 2.05) is 12.1 Å². The van der Waals surface area contributed by atoms with E-state index in [4.69, 9.17) is 5.26 Å². The molecule has 0 amide bonds. The fourth-order valence-electron chi connectivity index (χ4n) is 2.50. The molecule has 0 atom stereocenters. The zero-order chi connectivity index (χ0) is 14.8. The van der Waals surface area contributed by atoms with Gasteiger partial charge in [-0.1, -0.05) is 19.1 Å². The Kier molecular flexibility index (Phi) is 3.41. The molecule has 0 saturated heterocycles. The van der Waals surface area contributed by atoms with Gasteiger partial charge >= 0.3 is 0 Å². The third-order valence-electron chi connectivity index (χ3n) is 3.41. The molecule has 0 aliphatic rings. The number of fused-ring (bicyclic) bond motifs is 1. The Balaban J connectivity index is 2.26. The van der Waals surface area contributed by atoms with E-state index in [0.717, 1.165) is 35.4 Å². The van der Waals surface area contributed by atoms with Gasteiger partial charge in [-0.2, -0.15) is 5.26 Å². The Labute approximate surface area is 122 Å².